The van der Waals surface area contributed by atoms with E-state index < -0.39 is 30.9 Å². The molecular weight excluding hydrogens is 336 g/mol. The highest BCUT2D eigenvalue weighted by atomic mass is 31.2. The van der Waals surface area contributed by atoms with Gasteiger partial charge in [0.2, 0.25) is 5.76 Å². The van der Waals surface area contributed by atoms with Gasteiger partial charge in [0.15, 0.2) is 0 Å². The molecule has 5 nitrogen and oxygen atoms in total. The van der Waals surface area contributed by atoms with E-state index >= 15 is 0 Å². The molecule has 1 aromatic rings. The summed E-state index contributed by atoms with van der Waals surface area (Å²) in [6.07, 6.45) is -6.77. The Labute approximate surface area is 131 Å². The highest BCUT2D eigenvalue weighted by molar-refractivity contribution is 7.58. The molecule has 0 amide bonds. The lowest BCUT2D eigenvalue weighted by atomic mass is 10.0. The Bertz CT molecular complexity index is 646. The zero-order chi connectivity index (χ0) is 17.3. The molecule has 23 heavy (non-hydrogen) atoms. The average Bonchev–Trinajstić information content (AvgIpc) is 2.46. The number of halogens is 3. The average molecular weight is 352 g/mol. The molecule has 0 radical (unpaired) electrons. The highest BCUT2D eigenvalue weighted by Crippen LogP contribution is 2.64. The third-order valence-corrected chi connectivity index (χ3v) is 5.30. The largest absolute Gasteiger partial charge is 0.451 e. The summed E-state index contributed by atoms with van der Waals surface area (Å²) in [6, 6.07) is 5.66. The minimum absolute atomic E-state index is 0.0649. The number of fused-ring (bicyclic) bond motifs is 1. The number of para-hydroxylation sites is 1. The smallest absolute Gasteiger partial charge is 0.450 e. The molecule has 1 aliphatic rings. The Morgan fingerprint density at radius 2 is 1.78 bits per heavy atom. The van der Waals surface area contributed by atoms with E-state index in [-0.39, 0.29) is 24.5 Å². The quantitative estimate of drug-likeness (QED) is 0.807. The summed E-state index contributed by atoms with van der Waals surface area (Å²) in [5, 5.41) is 9.45. The van der Waals surface area contributed by atoms with Crippen LogP contribution in [-0.4, -0.2) is 24.5 Å². The minimum atomic E-state index is -4.96. The summed E-state index contributed by atoms with van der Waals surface area (Å²) in [6.45, 7) is 2.62. The molecular formula is C14H16F3O5P. The lowest BCUT2D eigenvalue weighted by molar-refractivity contribution is -0.119. The summed E-state index contributed by atoms with van der Waals surface area (Å²) in [5.74, 6) is -1.72. The van der Waals surface area contributed by atoms with Gasteiger partial charge in [-0.25, -0.2) is 0 Å². The lowest BCUT2D eigenvalue weighted by Crippen LogP contribution is -2.27. The van der Waals surface area contributed by atoms with Crippen molar-refractivity contribution in [1.82, 2.24) is 0 Å². The molecule has 128 valence electrons. The molecule has 0 saturated heterocycles. The van der Waals surface area contributed by atoms with Gasteiger partial charge < -0.3 is 18.9 Å². The monoisotopic (exact) mass is 352 g/mol. The van der Waals surface area contributed by atoms with Gasteiger partial charge in [0.05, 0.1) is 13.2 Å². The minimum Gasteiger partial charge on any atom is -0.451 e. The molecule has 1 heterocycles. The van der Waals surface area contributed by atoms with E-state index in [9.17, 15) is 22.8 Å². The number of benzene rings is 1. The van der Waals surface area contributed by atoms with Crippen molar-refractivity contribution in [2.45, 2.75) is 26.1 Å². The third-order valence-electron chi connectivity index (χ3n) is 3.07. The Morgan fingerprint density at radius 1 is 1.22 bits per heavy atom. The predicted molar refractivity (Wildman–Crippen MR) is 76.0 cm³/mol. The molecule has 0 aliphatic carbocycles. The first-order chi connectivity index (χ1) is 10.7. The van der Waals surface area contributed by atoms with Crippen molar-refractivity contribution in [1.29, 1.82) is 0 Å². The maximum atomic E-state index is 13.3. The summed E-state index contributed by atoms with van der Waals surface area (Å²) < 4.78 is 67.6. The standard InChI is InChI=1S/C14H16F3O5P/c1-3-20-23(19,21-4-2)12-11(18)9-7-5-6-8-10(9)22-13(12)14(15,16)17/h5-8,11,18H,3-4H2,1-2H3. The number of ether oxygens (including phenoxy) is 1. The van der Waals surface area contributed by atoms with Crippen LogP contribution >= 0.6 is 7.60 Å². The molecule has 2 rings (SSSR count). The topological polar surface area (TPSA) is 65.0 Å². The molecule has 1 unspecified atom stereocenters. The lowest BCUT2D eigenvalue weighted by Gasteiger charge is -2.31. The van der Waals surface area contributed by atoms with Crippen molar-refractivity contribution >= 4 is 7.60 Å². The summed E-state index contributed by atoms with van der Waals surface area (Å²) in [7, 11) is -4.37. The fourth-order valence-corrected chi connectivity index (χ4v) is 4.12. The SMILES string of the molecule is CCOP(=O)(OCC)C1=C(C(F)(F)F)Oc2ccccc2C1O. The molecule has 0 spiro atoms. The van der Waals surface area contributed by atoms with E-state index in [1.54, 1.807) is 0 Å². The first-order valence-corrected chi connectivity index (χ1v) is 8.44. The van der Waals surface area contributed by atoms with Crippen LogP contribution in [0.25, 0.3) is 0 Å². The van der Waals surface area contributed by atoms with Gasteiger partial charge in [-0.15, -0.1) is 0 Å². The molecule has 0 fully saturated rings. The molecule has 0 saturated carbocycles. The van der Waals surface area contributed by atoms with Crippen molar-refractivity contribution in [2.24, 2.45) is 0 Å². The van der Waals surface area contributed by atoms with Crippen LogP contribution in [0.3, 0.4) is 0 Å². The summed E-state index contributed by atoms with van der Waals surface area (Å²) >= 11 is 0. The van der Waals surface area contributed by atoms with Crippen LogP contribution in [0.1, 0.15) is 25.5 Å². The van der Waals surface area contributed by atoms with Crippen LogP contribution < -0.4 is 4.74 Å². The zero-order valence-corrected chi connectivity index (χ0v) is 13.4. The van der Waals surface area contributed by atoms with E-state index in [0.717, 1.165) is 0 Å². The van der Waals surface area contributed by atoms with Gasteiger partial charge in [0.1, 0.15) is 17.2 Å². The zero-order valence-electron chi connectivity index (χ0n) is 12.5. The molecule has 9 heteroatoms. The second kappa shape index (κ2) is 6.65. The number of alkyl halides is 3. The Morgan fingerprint density at radius 3 is 2.30 bits per heavy atom. The second-order valence-electron chi connectivity index (χ2n) is 4.59. The molecule has 1 N–H and O–H groups in total. The molecule has 0 aromatic heterocycles. The van der Waals surface area contributed by atoms with Crippen LogP contribution in [0.4, 0.5) is 13.2 Å². The summed E-state index contributed by atoms with van der Waals surface area (Å²) in [4.78, 5) is 0. The summed E-state index contributed by atoms with van der Waals surface area (Å²) in [5.41, 5.74) is 0.0649. The number of aliphatic hydroxyl groups excluding tert-OH is 1. The Balaban J connectivity index is 2.67. The number of hydrogen-bond donors (Lipinski definition) is 1. The Hall–Kier alpha value is -1.34. The van der Waals surface area contributed by atoms with E-state index in [2.05, 4.69) is 0 Å². The van der Waals surface area contributed by atoms with Gasteiger partial charge in [-0.2, -0.15) is 13.2 Å². The van der Waals surface area contributed by atoms with Gasteiger partial charge >= 0.3 is 13.8 Å². The van der Waals surface area contributed by atoms with Crippen LogP contribution in [0.5, 0.6) is 5.75 Å². The van der Waals surface area contributed by atoms with Crippen LogP contribution in [-0.2, 0) is 13.6 Å². The van der Waals surface area contributed by atoms with E-state index in [1.165, 1.54) is 38.1 Å². The van der Waals surface area contributed by atoms with Gasteiger partial charge in [-0.3, -0.25) is 4.57 Å². The van der Waals surface area contributed by atoms with E-state index in [4.69, 9.17) is 13.8 Å². The molecule has 1 atom stereocenters. The van der Waals surface area contributed by atoms with Crippen molar-refractivity contribution in [3.05, 3.63) is 40.9 Å². The first kappa shape index (κ1) is 18.0. The van der Waals surface area contributed by atoms with Crippen LogP contribution in [0.2, 0.25) is 0 Å². The normalized spacial score (nSPS) is 18.6. The number of aliphatic hydroxyl groups is 1. The van der Waals surface area contributed by atoms with Gasteiger partial charge in [-0.05, 0) is 19.9 Å². The number of rotatable bonds is 5. The number of hydrogen-bond acceptors (Lipinski definition) is 5. The Kier molecular flexibility index (Phi) is 5.20. The molecule has 1 aliphatic heterocycles. The van der Waals surface area contributed by atoms with Crippen molar-refractivity contribution in [2.75, 3.05) is 13.2 Å². The van der Waals surface area contributed by atoms with Crippen molar-refractivity contribution < 1.29 is 36.6 Å². The van der Waals surface area contributed by atoms with Crippen LogP contribution in [0, 0.1) is 0 Å². The van der Waals surface area contributed by atoms with Gasteiger partial charge in [-0.1, -0.05) is 18.2 Å². The maximum Gasteiger partial charge on any atom is 0.450 e. The van der Waals surface area contributed by atoms with Gasteiger partial charge in [0.25, 0.3) is 0 Å². The van der Waals surface area contributed by atoms with E-state index in [0.29, 0.717) is 0 Å². The van der Waals surface area contributed by atoms with Crippen molar-refractivity contribution in [3.8, 4) is 5.75 Å². The van der Waals surface area contributed by atoms with Gasteiger partial charge in [0, 0.05) is 5.56 Å². The van der Waals surface area contributed by atoms with Crippen molar-refractivity contribution in [3.63, 3.8) is 0 Å². The fraction of sp³-hybridized carbons (Fsp3) is 0.429. The number of allylic oxidation sites excluding steroid dienone is 1. The molecule has 1 aromatic carbocycles. The second-order valence-corrected chi connectivity index (χ2v) is 6.58. The highest BCUT2D eigenvalue weighted by Gasteiger charge is 2.51. The maximum absolute atomic E-state index is 13.3. The van der Waals surface area contributed by atoms with E-state index in [1.807, 2.05) is 0 Å². The third kappa shape index (κ3) is 3.45. The fourth-order valence-electron chi connectivity index (χ4n) is 2.23. The first-order valence-electron chi connectivity index (χ1n) is 6.90. The predicted octanol–water partition coefficient (Wildman–Crippen LogP) is 4.15. The molecule has 0 bridgehead atoms. The van der Waals surface area contributed by atoms with Crippen LogP contribution in [0.15, 0.2) is 35.3 Å².